The van der Waals surface area contributed by atoms with E-state index in [1.807, 2.05) is 13.0 Å². The highest BCUT2D eigenvalue weighted by Gasteiger charge is 2.14. The summed E-state index contributed by atoms with van der Waals surface area (Å²) in [6, 6.07) is 7.73. The van der Waals surface area contributed by atoms with Gasteiger partial charge in [0.25, 0.3) is 0 Å². The molecule has 0 spiro atoms. The Balaban J connectivity index is 2.63. The van der Waals surface area contributed by atoms with E-state index in [1.54, 1.807) is 0 Å². The highest BCUT2D eigenvalue weighted by molar-refractivity contribution is 7.91. The number of hydrogen-bond acceptors (Lipinski definition) is 5. The van der Waals surface area contributed by atoms with Gasteiger partial charge in [0.1, 0.15) is 0 Å². The first-order valence-corrected chi connectivity index (χ1v) is 7.76. The van der Waals surface area contributed by atoms with Gasteiger partial charge in [0, 0.05) is 12.6 Å². The van der Waals surface area contributed by atoms with Gasteiger partial charge in [0.15, 0.2) is 9.84 Å². The van der Waals surface area contributed by atoms with Gasteiger partial charge in [0.05, 0.1) is 28.9 Å². The summed E-state index contributed by atoms with van der Waals surface area (Å²) in [4.78, 5) is 0.213. The molecule has 0 aliphatic rings. The fourth-order valence-electron chi connectivity index (χ4n) is 1.59. The van der Waals surface area contributed by atoms with E-state index in [1.165, 1.54) is 24.3 Å². The van der Waals surface area contributed by atoms with E-state index < -0.39 is 9.84 Å². The lowest BCUT2D eigenvalue weighted by Crippen LogP contribution is -2.35. The van der Waals surface area contributed by atoms with E-state index >= 15 is 0 Å². The van der Waals surface area contributed by atoms with Gasteiger partial charge in [-0.2, -0.15) is 5.26 Å². The van der Waals surface area contributed by atoms with Gasteiger partial charge in [-0.25, -0.2) is 8.42 Å². The second-order valence-electron chi connectivity index (χ2n) is 4.20. The number of rotatable bonds is 7. The molecule has 0 saturated carbocycles. The predicted octanol–water partition coefficient (Wildman–Crippen LogP) is 0.692. The molecule has 1 aromatic rings. The summed E-state index contributed by atoms with van der Waals surface area (Å²) in [5.74, 6) is -0.0323. The van der Waals surface area contributed by atoms with E-state index in [0.717, 1.165) is 6.42 Å². The predicted molar refractivity (Wildman–Crippen MR) is 72.4 cm³/mol. The lowest BCUT2D eigenvalue weighted by Gasteiger charge is -2.13. The highest BCUT2D eigenvalue weighted by Crippen LogP contribution is 2.11. The number of aliphatic hydroxyl groups excluding tert-OH is 1. The van der Waals surface area contributed by atoms with Crippen LogP contribution in [-0.4, -0.2) is 38.5 Å². The van der Waals surface area contributed by atoms with Gasteiger partial charge >= 0.3 is 0 Å². The van der Waals surface area contributed by atoms with Crippen LogP contribution >= 0.6 is 0 Å². The van der Waals surface area contributed by atoms with Crippen molar-refractivity contribution in [1.29, 1.82) is 5.26 Å². The Kier molecular flexibility index (Phi) is 5.96. The molecule has 0 saturated heterocycles. The lowest BCUT2D eigenvalue weighted by atomic mass is 10.2. The van der Waals surface area contributed by atoms with Crippen molar-refractivity contribution >= 4 is 9.84 Å². The molecule has 0 fully saturated rings. The molecule has 0 bridgehead atoms. The molecule has 1 rings (SSSR count). The van der Waals surface area contributed by atoms with Crippen molar-refractivity contribution in [1.82, 2.24) is 5.32 Å². The van der Waals surface area contributed by atoms with Gasteiger partial charge in [-0.15, -0.1) is 0 Å². The molecule has 0 aliphatic carbocycles. The second kappa shape index (κ2) is 7.24. The van der Waals surface area contributed by atoms with Crippen LogP contribution in [0.25, 0.3) is 0 Å². The maximum absolute atomic E-state index is 12.0. The summed E-state index contributed by atoms with van der Waals surface area (Å²) >= 11 is 0. The molecule has 0 aromatic heterocycles. The number of benzene rings is 1. The SMILES string of the molecule is CCC(CO)NCCS(=O)(=O)c1ccc(C#N)cc1. The van der Waals surface area contributed by atoms with E-state index in [4.69, 9.17) is 10.4 Å². The Morgan fingerprint density at radius 1 is 1.37 bits per heavy atom. The second-order valence-corrected chi connectivity index (χ2v) is 6.31. The van der Waals surface area contributed by atoms with Crippen LogP contribution in [0.4, 0.5) is 0 Å². The Morgan fingerprint density at radius 2 is 2.00 bits per heavy atom. The minimum atomic E-state index is -3.35. The van der Waals surface area contributed by atoms with Crippen LogP contribution in [0.5, 0.6) is 0 Å². The average Bonchev–Trinajstić information content (AvgIpc) is 2.43. The molecular formula is C13H18N2O3S. The highest BCUT2D eigenvalue weighted by atomic mass is 32.2. The van der Waals surface area contributed by atoms with Crippen LogP contribution in [0.3, 0.4) is 0 Å². The molecule has 0 amide bonds. The van der Waals surface area contributed by atoms with E-state index in [2.05, 4.69) is 5.32 Å². The van der Waals surface area contributed by atoms with Gasteiger partial charge in [-0.1, -0.05) is 6.92 Å². The molecule has 5 nitrogen and oxygen atoms in total. The van der Waals surface area contributed by atoms with Gasteiger partial charge < -0.3 is 10.4 Å². The number of sulfone groups is 1. The summed E-state index contributed by atoms with van der Waals surface area (Å²) < 4.78 is 24.0. The topological polar surface area (TPSA) is 90.2 Å². The Morgan fingerprint density at radius 3 is 2.47 bits per heavy atom. The average molecular weight is 282 g/mol. The van der Waals surface area contributed by atoms with Gasteiger partial charge in [-0.3, -0.25) is 0 Å². The number of aliphatic hydroxyl groups is 1. The third-order valence-corrected chi connectivity index (χ3v) is 4.59. The summed E-state index contributed by atoms with van der Waals surface area (Å²) in [6.45, 7) is 2.21. The zero-order valence-electron chi connectivity index (χ0n) is 10.8. The van der Waals surface area contributed by atoms with Crippen LogP contribution in [-0.2, 0) is 9.84 Å². The molecule has 1 aromatic carbocycles. The monoisotopic (exact) mass is 282 g/mol. The van der Waals surface area contributed by atoms with Gasteiger partial charge in [-0.05, 0) is 30.7 Å². The standard InChI is InChI=1S/C13H18N2O3S/c1-2-12(10-16)15-7-8-19(17,18)13-5-3-11(9-14)4-6-13/h3-6,12,15-16H,2,7-8,10H2,1H3. The molecule has 0 heterocycles. The number of hydrogen-bond donors (Lipinski definition) is 2. The summed E-state index contributed by atoms with van der Waals surface area (Å²) in [5.41, 5.74) is 0.434. The third-order valence-electron chi connectivity index (χ3n) is 2.86. The van der Waals surface area contributed by atoms with Crippen LogP contribution in [0.1, 0.15) is 18.9 Å². The molecule has 0 radical (unpaired) electrons. The number of nitrogens with zero attached hydrogens (tertiary/aromatic N) is 1. The smallest absolute Gasteiger partial charge is 0.179 e. The number of nitriles is 1. The van der Waals surface area contributed by atoms with Crippen molar-refractivity contribution in [2.24, 2.45) is 0 Å². The number of nitrogens with one attached hydrogen (secondary N) is 1. The van der Waals surface area contributed by atoms with Crippen molar-refractivity contribution in [2.45, 2.75) is 24.3 Å². The van der Waals surface area contributed by atoms with Crippen LogP contribution in [0, 0.1) is 11.3 Å². The zero-order chi connectivity index (χ0) is 14.3. The first kappa shape index (κ1) is 15.6. The third kappa shape index (κ3) is 4.63. The molecule has 6 heteroatoms. The first-order valence-electron chi connectivity index (χ1n) is 6.10. The van der Waals surface area contributed by atoms with Crippen molar-refractivity contribution < 1.29 is 13.5 Å². The first-order chi connectivity index (χ1) is 9.03. The molecular weight excluding hydrogens is 264 g/mol. The van der Waals surface area contributed by atoms with E-state index in [0.29, 0.717) is 12.1 Å². The minimum Gasteiger partial charge on any atom is -0.395 e. The van der Waals surface area contributed by atoms with Crippen molar-refractivity contribution in [3.8, 4) is 6.07 Å². The molecule has 104 valence electrons. The van der Waals surface area contributed by atoms with E-state index in [-0.39, 0.29) is 23.3 Å². The maximum Gasteiger partial charge on any atom is 0.179 e. The summed E-state index contributed by atoms with van der Waals surface area (Å²) in [5, 5.41) is 20.6. The molecule has 2 N–H and O–H groups in total. The Bertz CT molecular complexity index is 528. The molecule has 19 heavy (non-hydrogen) atoms. The maximum atomic E-state index is 12.0. The molecule has 1 atom stereocenters. The van der Waals surface area contributed by atoms with Crippen LogP contribution in [0.2, 0.25) is 0 Å². The molecule has 0 aliphatic heterocycles. The normalized spacial score (nSPS) is 12.9. The largest absolute Gasteiger partial charge is 0.395 e. The van der Waals surface area contributed by atoms with Gasteiger partial charge in [0.2, 0.25) is 0 Å². The van der Waals surface area contributed by atoms with Crippen molar-refractivity contribution in [3.05, 3.63) is 29.8 Å². The Hall–Kier alpha value is -1.42. The van der Waals surface area contributed by atoms with Crippen LogP contribution in [0.15, 0.2) is 29.2 Å². The summed E-state index contributed by atoms with van der Waals surface area (Å²) in [6.07, 6.45) is 0.743. The zero-order valence-corrected chi connectivity index (χ0v) is 11.7. The van der Waals surface area contributed by atoms with Crippen LogP contribution < -0.4 is 5.32 Å². The fraction of sp³-hybridized carbons (Fsp3) is 0.462. The van der Waals surface area contributed by atoms with Crippen molar-refractivity contribution in [3.63, 3.8) is 0 Å². The fourth-order valence-corrected chi connectivity index (χ4v) is 2.76. The quantitative estimate of drug-likeness (QED) is 0.768. The summed E-state index contributed by atoms with van der Waals surface area (Å²) in [7, 11) is -3.35. The minimum absolute atomic E-state index is 0.00653. The van der Waals surface area contributed by atoms with E-state index in [9.17, 15) is 8.42 Å². The Labute approximate surface area is 113 Å². The van der Waals surface area contributed by atoms with Crippen molar-refractivity contribution in [2.75, 3.05) is 18.9 Å². The lowest BCUT2D eigenvalue weighted by molar-refractivity contribution is 0.241. The molecule has 1 unspecified atom stereocenters.